The van der Waals surface area contributed by atoms with Crippen LogP contribution in [0.5, 0.6) is 0 Å². The van der Waals surface area contributed by atoms with Gasteiger partial charge in [0.05, 0.1) is 25.4 Å². The Labute approximate surface area is 526 Å². The van der Waals surface area contributed by atoms with E-state index in [9.17, 15) is 19.8 Å². The van der Waals surface area contributed by atoms with Gasteiger partial charge in [-0.3, -0.25) is 9.59 Å². The highest BCUT2D eigenvalue weighted by Crippen LogP contribution is 2.20. The van der Waals surface area contributed by atoms with E-state index in [4.69, 9.17) is 4.74 Å². The molecular formula is C78H151NO5. The van der Waals surface area contributed by atoms with Crippen molar-refractivity contribution in [3.63, 3.8) is 0 Å². The number of unbranched alkanes of at least 4 members (excludes halogenated alkanes) is 60. The van der Waals surface area contributed by atoms with E-state index in [0.717, 1.165) is 44.9 Å². The van der Waals surface area contributed by atoms with Crippen LogP contribution in [0.25, 0.3) is 0 Å². The maximum absolute atomic E-state index is 12.6. The molecule has 0 saturated carbocycles. The summed E-state index contributed by atoms with van der Waals surface area (Å²) in [6, 6.07) is -0.625. The molecule has 0 spiro atoms. The van der Waals surface area contributed by atoms with E-state index in [1.54, 1.807) is 6.08 Å². The van der Waals surface area contributed by atoms with Crippen molar-refractivity contribution in [2.75, 3.05) is 13.2 Å². The first-order chi connectivity index (χ1) is 41.5. The molecule has 0 aliphatic carbocycles. The topological polar surface area (TPSA) is 95.9 Å². The molecule has 0 aromatic carbocycles. The van der Waals surface area contributed by atoms with Crippen LogP contribution < -0.4 is 5.32 Å². The van der Waals surface area contributed by atoms with E-state index in [-0.39, 0.29) is 18.5 Å². The van der Waals surface area contributed by atoms with Gasteiger partial charge in [0, 0.05) is 12.8 Å². The van der Waals surface area contributed by atoms with Crippen LogP contribution in [0.3, 0.4) is 0 Å². The molecule has 6 nitrogen and oxygen atoms in total. The molecule has 0 aromatic rings. The van der Waals surface area contributed by atoms with Crippen molar-refractivity contribution >= 4 is 11.9 Å². The number of carbonyl (C=O) groups is 2. The maximum Gasteiger partial charge on any atom is 0.305 e. The standard InChI is InChI=1S/C78H151NO5/c1-3-5-7-9-11-13-15-16-17-18-19-20-21-32-35-38-41-44-47-51-54-58-62-66-70-76(81)75(74-80)79-77(82)71-67-63-59-55-52-48-45-42-39-36-33-30-28-26-24-22-23-25-27-29-31-34-37-40-43-46-49-53-57-61-65-69-73-84-78(83)72-68-64-60-56-50-14-12-10-8-6-4-2/h10,12,66,70,75-76,80-81H,3-9,11,13-65,67-69,71-74H2,1-2H3,(H,79,82)/b12-10-,70-66+. The van der Waals surface area contributed by atoms with Gasteiger partial charge in [0.2, 0.25) is 5.91 Å². The Morgan fingerprint density at radius 3 is 0.881 bits per heavy atom. The van der Waals surface area contributed by atoms with Gasteiger partial charge in [-0.2, -0.15) is 0 Å². The van der Waals surface area contributed by atoms with Gasteiger partial charge in [-0.1, -0.05) is 398 Å². The van der Waals surface area contributed by atoms with E-state index in [0.29, 0.717) is 19.4 Å². The molecule has 0 aliphatic rings. The molecule has 0 saturated heterocycles. The van der Waals surface area contributed by atoms with Crippen LogP contribution in [-0.2, 0) is 14.3 Å². The lowest BCUT2D eigenvalue weighted by Crippen LogP contribution is -2.45. The first-order valence-electron chi connectivity index (χ1n) is 38.6. The Bertz CT molecular complexity index is 1320. The van der Waals surface area contributed by atoms with Crippen LogP contribution in [0, 0.1) is 0 Å². The normalized spacial score (nSPS) is 12.6. The molecule has 0 aliphatic heterocycles. The lowest BCUT2D eigenvalue weighted by atomic mass is 10.0. The second-order valence-electron chi connectivity index (χ2n) is 26.7. The maximum atomic E-state index is 12.6. The fourth-order valence-corrected chi connectivity index (χ4v) is 12.3. The van der Waals surface area contributed by atoms with Crippen molar-refractivity contribution in [2.24, 2.45) is 0 Å². The van der Waals surface area contributed by atoms with Gasteiger partial charge < -0.3 is 20.3 Å². The molecule has 498 valence electrons. The number of esters is 1. The number of hydrogen-bond donors (Lipinski definition) is 3. The summed E-state index contributed by atoms with van der Waals surface area (Å²) in [6.45, 7) is 4.91. The Balaban J connectivity index is 3.36. The summed E-state index contributed by atoms with van der Waals surface area (Å²) in [5, 5.41) is 23.3. The number of hydrogen-bond acceptors (Lipinski definition) is 5. The van der Waals surface area contributed by atoms with Crippen LogP contribution in [0.1, 0.15) is 438 Å². The highest BCUT2D eigenvalue weighted by atomic mass is 16.5. The smallest absolute Gasteiger partial charge is 0.305 e. The fraction of sp³-hybridized carbons (Fsp3) is 0.923. The predicted molar refractivity (Wildman–Crippen MR) is 370 cm³/mol. The fourth-order valence-electron chi connectivity index (χ4n) is 12.3. The van der Waals surface area contributed by atoms with E-state index in [2.05, 4.69) is 31.3 Å². The molecule has 0 bridgehead atoms. The lowest BCUT2D eigenvalue weighted by Gasteiger charge is -2.20. The third kappa shape index (κ3) is 69.4. The Kier molecular flexibility index (Phi) is 72.3. The van der Waals surface area contributed by atoms with Gasteiger partial charge in [0.15, 0.2) is 0 Å². The minimum Gasteiger partial charge on any atom is -0.466 e. The monoisotopic (exact) mass is 1180 g/mol. The van der Waals surface area contributed by atoms with Crippen molar-refractivity contribution in [3.8, 4) is 0 Å². The van der Waals surface area contributed by atoms with Crippen molar-refractivity contribution in [1.82, 2.24) is 5.32 Å². The summed E-state index contributed by atoms with van der Waals surface area (Å²) >= 11 is 0. The number of rotatable bonds is 73. The molecule has 0 rings (SSSR count). The summed E-state index contributed by atoms with van der Waals surface area (Å²) in [4.78, 5) is 24.6. The predicted octanol–water partition coefficient (Wildman–Crippen LogP) is 25.3. The molecule has 2 atom stereocenters. The lowest BCUT2D eigenvalue weighted by molar-refractivity contribution is -0.143. The number of allylic oxidation sites excluding steroid dienone is 3. The summed E-state index contributed by atoms with van der Waals surface area (Å²) in [7, 11) is 0. The summed E-state index contributed by atoms with van der Waals surface area (Å²) in [6.07, 6.45) is 94.4. The third-order valence-corrected chi connectivity index (χ3v) is 18.2. The number of aliphatic hydroxyl groups excluding tert-OH is 2. The minimum atomic E-state index is -0.842. The first-order valence-corrected chi connectivity index (χ1v) is 38.6. The molecular weight excluding hydrogens is 1030 g/mol. The van der Waals surface area contributed by atoms with Crippen molar-refractivity contribution in [3.05, 3.63) is 24.3 Å². The van der Waals surface area contributed by atoms with Gasteiger partial charge in [0.1, 0.15) is 0 Å². The SMILES string of the molecule is CCCC/C=C\CCCCCCCC(=O)OCCCCCCCCCCCCCCCCCCCCCCCCCCCCCCCCCCC(=O)NC(CO)C(O)/C=C/CCCCCCCCCCCCCCCCCCCCCCCC. The first kappa shape index (κ1) is 82.3. The van der Waals surface area contributed by atoms with Gasteiger partial charge in [-0.05, 0) is 51.4 Å². The van der Waals surface area contributed by atoms with Crippen LogP contribution >= 0.6 is 0 Å². The molecule has 1 amide bonds. The highest BCUT2D eigenvalue weighted by Gasteiger charge is 2.18. The van der Waals surface area contributed by atoms with E-state index in [1.165, 1.54) is 366 Å². The number of nitrogens with one attached hydrogen (secondary N) is 1. The van der Waals surface area contributed by atoms with E-state index >= 15 is 0 Å². The molecule has 0 heterocycles. The van der Waals surface area contributed by atoms with Gasteiger partial charge in [-0.15, -0.1) is 0 Å². The van der Waals surface area contributed by atoms with Gasteiger partial charge in [0.25, 0.3) is 0 Å². The minimum absolute atomic E-state index is 0.0106. The van der Waals surface area contributed by atoms with Crippen LogP contribution in [0.15, 0.2) is 24.3 Å². The van der Waals surface area contributed by atoms with Crippen LogP contribution in [0.4, 0.5) is 0 Å². The van der Waals surface area contributed by atoms with E-state index in [1.807, 2.05) is 6.08 Å². The third-order valence-electron chi connectivity index (χ3n) is 18.2. The molecule has 0 fully saturated rings. The Morgan fingerprint density at radius 2 is 0.571 bits per heavy atom. The second kappa shape index (κ2) is 73.8. The summed E-state index contributed by atoms with van der Waals surface area (Å²) in [5.41, 5.74) is 0. The number of aliphatic hydroxyl groups is 2. The van der Waals surface area contributed by atoms with Gasteiger partial charge in [-0.25, -0.2) is 0 Å². The average molecular weight is 1180 g/mol. The zero-order valence-corrected chi connectivity index (χ0v) is 57.2. The summed E-state index contributed by atoms with van der Waals surface area (Å²) in [5.74, 6) is -0.0477. The second-order valence-corrected chi connectivity index (χ2v) is 26.7. The Morgan fingerprint density at radius 1 is 0.321 bits per heavy atom. The van der Waals surface area contributed by atoms with Crippen molar-refractivity contribution < 1.29 is 24.5 Å². The van der Waals surface area contributed by atoms with Crippen LogP contribution in [0.2, 0.25) is 0 Å². The number of carbonyl (C=O) groups excluding carboxylic acids is 2. The molecule has 2 unspecified atom stereocenters. The zero-order valence-electron chi connectivity index (χ0n) is 57.2. The van der Waals surface area contributed by atoms with Crippen LogP contribution in [-0.4, -0.2) is 47.4 Å². The highest BCUT2D eigenvalue weighted by molar-refractivity contribution is 5.76. The average Bonchev–Trinajstić information content (AvgIpc) is 3.51. The Hall–Kier alpha value is -1.66. The zero-order chi connectivity index (χ0) is 60.6. The summed E-state index contributed by atoms with van der Waals surface area (Å²) < 4.78 is 5.47. The molecule has 3 N–H and O–H groups in total. The van der Waals surface area contributed by atoms with Crippen molar-refractivity contribution in [1.29, 1.82) is 0 Å². The van der Waals surface area contributed by atoms with Crippen molar-refractivity contribution in [2.45, 2.75) is 450 Å². The number of amides is 1. The van der Waals surface area contributed by atoms with E-state index < -0.39 is 12.1 Å². The largest absolute Gasteiger partial charge is 0.466 e. The van der Waals surface area contributed by atoms with Gasteiger partial charge >= 0.3 is 5.97 Å². The quantitative estimate of drug-likeness (QED) is 0.0320. The molecule has 0 radical (unpaired) electrons. The molecule has 0 aromatic heterocycles. The molecule has 6 heteroatoms. The molecule has 84 heavy (non-hydrogen) atoms. The number of ether oxygens (including phenoxy) is 1.